The zero-order chi connectivity index (χ0) is 16.1. The van der Waals surface area contributed by atoms with Crippen LogP contribution in [0.15, 0.2) is 45.8 Å². The Bertz CT molecular complexity index is 644. The lowest BCUT2D eigenvalue weighted by Crippen LogP contribution is -2.41. The minimum absolute atomic E-state index is 0.0317. The number of aryl methyl sites for hydroxylation is 1. The maximum absolute atomic E-state index is 12.2. The fourth-order valence-electron chi connectivity index (χ4n) is 2.64. The van der Waals surface area contributed by atoms with Gasteiger partial charge in [0.15, 0.2) is 0 Å². The molecule has 0 spiro atoms. The van der Waals surface area contributed by atoms with E-state index in [1.807, 2.05) is 43.3 Å². The minimum Gasteiger partial charge on any atom is -0.379 e. The van der Waals surface area contributed by atoms with E-state index in [9.17, 15) is 4.79 Å². The third-order valence-corrected chi connectivity index (χ3v) is 4.81. The second-order valence-electron chi connectivity index (χ2n) is 5.71. The topological polar surface area (TPSA) is 64.4 Å². The third-order valence-electron chi connectivity index (χ3n) is 3.80. The maximum Gasteiger partial charge on any atom is 0.230 e. The summed E-state index contributed by atoms with van der Waals surface area (Å²) in [5.74, 6) is 1.52. The second-order valence-corrected chi connectivity index (χ2v) is 6.76. The molecule has 1 N–H and O–H groups in total. The Morgan fingerprint density at radius 2 is 2.17 bits per heavy atom. The van der Waals surface area contributed by atoms with Gasteiger partial charge in [-0.15, -0.1) is 11.8 Å². The summed E-state index contributed by atoms with van der Waals surface area (Å²) in [6.07, 6.45) is 0.734. The number of carbonyl (C=O) groups excluding carboxylic acids is 1. The maximum atomic E-state index is 12.2. The van der Waals surface area contributed by atoms with E-state index in [1.54, 1.807) is 0 Å². The molecular weight excluding hydrogens is 312 g/mol. The quantitative estimate of drug-likeness (QED) is 0.823. The van der Waals surface area contributed by atoms with Gasteiger partial charge in [-0.3, -0.25) is 4.79 Å². The van der Waals surface area contributed by atoms with Crippen LogP contribution >= 0.6 is 11.8 Å². The molecule has 0 saturated carbocycles. The van der Waals surface area contributed by atoms with Gasteiger partial charge in [-0.2, -0.15) is 0 Å². The molecule has 2 heterocycles. The Balaban J connectivity index is 1.49. The van der Waals surface area contributed by atoms with Crippen LogP contribution in [0.3, 0.4) is 0 Å². The van der Waals surface area contributed by atoms with E-state index in [4.69, 9.17) is 9.26 Å². The van der Waals surface area contributed by atoms with Crippen molar-refractivity contribution in [2.24, 2.45) is 5.92 Å². The van der Waals surface area contributed by atoms with E-state index >= 15 is 0 Å². The molecule has 5 nitrogen and oxygen atoms in total. The average Bonchev–Trinajstić information content (AvgIpc) is 3.16. The van der Waals surface area contributed by atoms with E-state index in [0.717, 1.165) is 22.8 Å². The molecule has 0 bridgehead atoms. The van der Waals surface area contributed by atoms with Crippen LogP contribution in [0.5, 0.6) is 0 Å². The lowest BCUT2D eigenvalue weighted by atomic mass is 9.98. The fraction of sp³-hybridized carbons (Fsp3) is 0.412. The molecule has 1 fully saturated rings. The highest BCUT2D eigenvalue weighted by atomic mass is 32.2. The van der Waals surface area contributed by atoms with Gasteiger partial charge in [0.2, 0.25) is 5.91 Å². The molecule has 1 aromatic carbocycles. The van der Waals surface area contributed by atoms with Gasteiger partial charge in [0.05, 0.1) is 30.7 Å². The largest absolute Gasteiger partial charge is 0.379 e. The van der Waals surface area contributed by atoms with Crippen molar-refractivity contribution in [3.05, 3.63) is 47.9 Å². The zero-order valence-corrected chi connectivity index (χ0v) is 13.8. The fourth-order valence-corrected chi connectivity index (χ4v) is 3.37. The van der Waals surface area contributed by atoms with Crippen molar-refractivity contribution in [3.8, 4) is 0 Å². The van der Waals surface area contributed by atoms with Crippen LogP contribution in [-0.2, 0) is 16.0 Å². The Labute approximate surface area is 139 Å². The molecule has 1 saturated heterocycles. The highest BCUT2D eigenvalue weighted by Crippen LogP contribution is 2.21. The summed E-state index contributed by atoms with van der Waals surface area (Å²) in [5.41, 5.74) is 0.874. The SMILES string of the molecule is Cc1cc(C[C@@H]2COC[C@@H]2NC(=O)CSc2ccccc2)on1. The van der Waals surface area contributed by atoms with Crippen molar-refractivity contribution in [3.63, 3.8) is 0 Å². The van der Waals surface area contributed by atoms with Crippen molar-refractivity contribution in [2.45, 2.75) is 24.3 Å². The highest BCUT2D eigenvalue weighted by Gasteiger charge is 2.30. The van der Waals surface area contributed by atoms with Gasteiger partial charge in [0, 0.05) is 23.3 Å². The normalized spacial score (nSPS) is 20.6. The number of aromatic nitrogens is 1. The lowest BCUT2D eigenvalue weighted by Gasteiger charge is -2.17. The Hall–Kier alpha value is -1.79. The molecule has 2 atom stereocenters. The molecular formula is C17H20N2O3S. The van der Waals surface area contributed by atoms with E-state index in [-0.39, 0.29) is 17.9 Å². The van der Waals surface area contributed by atoms with Gasteiger partial charge in [0.1, 0.15) is 5.76 Å². The molecule has 2 aromatic rings. The van der Waals surface area contributed by atoms with E-state index in [2.05, 4.69) is 10.5 Å². The molecule has 1 amide bonds. The van der Waals surface area contributed by atoms with E-state index in [1.165, 1.54) is 11.8 Å². The molecule has 0 radical (unpaired) electrons. The van der Waals surface area contributed by atoms with Crippen LogP contribution in [0, 0.1) is 12.8 Å². The van der Waals surface area contributed by atoms with Crippen LogP contribution in [0.4, 0.5) is 0 Å². The van der Waals surface area contributed by atoms with Crippen molar-refractivity contribution >= 4 is 17.7 Å². The number of ether oxygens (including phenoxy) is 1. The standard InChI is InChI=1S/C17H20N2O3S/c1-12-7-14(22-19-12)8-13-9-21-10-16(13)18-17(20)11-23-15-5-3-2-4-6-15/h2-7,13,16H,8-11H2,1H3,(H,18,20)/t13-,16+/m1/s1. The lowest BCUT2D eigenvalue weighted by molar-refractivity contribution is -0.119. The molecule has 23 heavy (non-hydrogen) atoms. The van der Waals surface area contributed by atoms with Gasteiger partial charge in [0.25, 0.3) is 0 Å². The summed E-state index contributed by atoms with van der Waals surface area (Å²) in [6, 6.07) is 11.9. The summed E-state index contributed by atoms with van der Waals surface area (Å²) in [5, 5.41) is 6.98. The summed E-state index contributed by atoms with van der Waals surface area (Å²) < 4.78 is 10.8. The first-order chi connectivity index (χ1) is 11.2. The number of benzene rings is 1. The average molecular weight is 332 g/mol. The first-order valence-electron chi connectivity index (χ1n) is 7.68. The molecule has 1 aliphatic rings. The molecule has 3 rings (SSSR count). The number of amides is 1. The van der Waals surface area contributed by atoms with E-state index < -0.39 is 0 Å². The number of rotatable bonds is 6. The van der Waals surface area contributed by atoms with Crippen LogP contribution in [0.25, 0.3) is 0 Å². The Kier molecular flexibility index (Phi) is 5.35. The van der Waals surface area contributed by atoms with Crippen LogP contribution in [-0.4, -0.2) is 36.1 Å². The molecule has 0 aliphatic carbocycles. The Morgan fingerprint density at radius 1 is 1.35 bits per heavy atom. The van der Waals surface area contributed by atoms with E-state index in [0.29, 0.717) is 19.0 Å². The molecule has 0 unspecified atom stereocenters. The number of nitrogens with zero attached hydrogens (tertiary/aromatic N) is 1. The van der Waals surface area contributed by atoms with Crippen LogP contribution in [0.2, 0.25) is 0 Å². The summed E-state index contributed by atoms with van der Waals surface area (Å²) >= 11 is 1.54. The smallest absolute Gasteiger partial charge is 0.230 e. The van der Waals surface area contributed by atoms with Gasteiger partial charge >= 0.3 is 0 Å². The predicted octanol–water partition coefficient (Wildman–Crippen LogP) is 2.45. The summed E-state index contributed by atoms with van der Waals surface area (Å²) in [7, 11) is 0. The van der Waals surface area contributed by atoms with Crippen LogP contribution in [0.1, 0.15) is 11.5 Å². The first-order valence-corrected chi connectivity index (χ1v) is 8.66. The van der Waals surface area contributed by atoms with Crippen molar-refractivity contribution in [2.75, 3.05) is 19.0 Å². The minimum atomic E-state index is 0.0317. The number of hydrogen-bond donors (Lipinski definition) is 1. The Morgan fingerprint density at radius 3 is 2.91 bits per heavy atom. The number of hydrogen-bond acceptors (Lipinski definition) is 5. The molecule has 6 heteroatoms. The number of nitrogens with one attached hydrogen (secondary N) is 1. The molecule has 1 aromatic heterocycles. The first kappa shape index (κ1) is 16.1. The summed E-state index contributed by atoms with van der Waals surface area (Å²) in [6.45, 7) is 3.09. The van der Waals surface area contributed by atoms with Gasteiger partial charge in [-0.1, -0.05) is 23.4 Å². The third kappa shape index (κ3) is 4.59. The van der Waals surface area contributed by atoms with Crippen molar-refractivity contribution in [1.29, 1.82) is 0 Å². The van der Waals surface area contributed by atoms with Crippen molar-refractivity contribution < 1.29 is 14.1 Å². The second kappa shape index (κ2) is 7.66. The van der Waals surface area contributed by atoms with Gasteiger partial charge < -0.3 is 14.6 Å². The summed E-state index contributed by atoms with van der Waals surface area (Å²) in [4.78, 5) is 13.2. The molecule has 122 valence electrons. The van der Waals surface area contributed by atoms with Crippen LogP contribution < -0.4 is 5.32 Å². The predicted molar refractivity (Wildman–Crippen MR) is 88.3 cm³/mol. The van der Waals surface area contributed by atoms with Crippen molar-refractivity contribution in [1.82, 2.24) is 10.5 Å². The monoisotopic (exact) mass is 332 g/mol. The van der Waals surface area contributed by atoms with Gasteiger partial charge in [-0.25, -0.2) is 0 Å². The number of carbonyl (C=O) groups is 1. The highest BCUT2D eigenvalue weighted by molar-refractivity contribution is 8.00. The molecule has 1 aliphatic heterocycles. The number of thioether (sulfide) groups is 1. The zero-order valence-electron chi connectivity index (χ0n) is 13.0. The van der Waals surface area contributed by atoms with Gasteiger partial charge in [-0.05, 0) is 19.1 Å².